The largest absolute Gasteiger partial charge is 0.493 e. The van der Waals surface area contributed by atoms with Crippen LogP contribution in [0.2, 0.25) is 0 Å². The summed E-state index contributed by atoms with van der Waals surface area (Å²) in [6.07, 6.45) is -0.530. The van der Waals surface area contributed by atoms with Gasteiger partial charge in [-0.2, -0.15) is 0 Å². The van der Waals surface area contributed by atoms with Crippen molar-refractivity contribution in [2.75, 3.05) is 27.9 Å². The minimum Gasteiger partial charge on any atom is -0.493 e. The standard InChI is InChI=1S/C18H27NO7/c1-18(2,3)26-17(22)19-10-12(16(20)21)9-11-7-8-13(23-4)15(25-6)14(11)24-5/h7-8,12H,9-10H2,1-6H3,(H,19,22)(H,20,21)/t12-/m1/s1. The van der Waals surface area contributed by atoms with Crippen molar-refractivity contribution in [3.63, 3.8) is 0 Å². The van der Waals surface area contributed by atoms with E-state index >= 15 is 0 Å². The normalized spacial score (nSPS) is 12.1. The van der Waals surface area contributed by atoms with E-state index in [2.05, 4.69) is 5.32 Å². The fourth-order valence-electron chi connectivity index (χ4n) is 2.36. The summed E-state index contributed by atoms with van der Waals surface area (Å²) < 4.78 is 21.0. The second-order valence-corrected chi connectivity index (χ2v) is 6.62. The smallest absolute Gasteiger partial charge is 0.407 e. The Hall–Kier alpha value is -2.64. The molecule has 1 rings (SSSR count). The maximum absolute atomic E-state index is 11.8. The lowest BCUT2D eigenvalue weighted by molar-refractivity contribution is -0.141. The van der Waals surface area contributed by atoms with Crippen LogP contribution in [0.5, 0.6) is 17.2 Å². The summed E-state index contributed by atoms with van der Waals surface area (Å²) in [5, 5.41) is 12.0. The van der Waals surface area contributed by atoms with E-state index in [0.717, 1.165) is 0 Å². The molecule has 8 nitrogen and oxygen atoms in total. The number of carbonyl (C=O) groups excluding carboxylic acids is 1. The Kier molecular flexibility index (Phi) is 7.55. The zero-order chi connectivity index (χ0) is 19.9. The lowest BCUT2D eigenvalue weighted by Gasteiger charge is -2.21. The van der Waals surface area contributed by atoms with Crippen LogP contribution in [0.15, 0.2) is 12.1 Å². The number of benzene rings is 1. The van der Waals surface area contributed by atoms with Crippen molar-refractivity contribution < 1.29 is 33.6 Å². The van der Waals surface area contributed by atoms with Crippen LogP contribution in [0, 0.1) is 5.92 Å². The Balaban J connectivity index is 2.94. The molecule has 26 heavy (non-hydrogen) atoms. The minimum atomic E-state index is -1.04. The molecule has 8 heteroatoms. The van der Waals surface area contributed by atoms with Gasteiger partial charge in [0.25, 0.3) is 0 Å². The summed E-state index contributed by atoms with van der Waals surface area (Å²) in [5.74, 6) is -0.647. The summed E-state index contributed by atoms with van der Waals surface area (Å²) in [6.45, 7) is 5.11. The first-order valence-corrected chi connectivity index (χ1v) is 8.10. The predicted octanol–water partition coefficient (Wildman–Crippen LogP) is 2.48. The van der Waals surface area contributed by atoms with Crippen molar-refractivity contribution in [3.05, 3.63) is 17.7 Å². The Labute approximate surface area is 153 Å². The second-order valence-electron chi connectivity index (χ2n) is 6.62. The van der Waals surface area contributed by atoms with Crippen LogP contribution >= 0.6 is 0 Å². The third-order valence-electron chi connectivity index (χ3n) is 3.49. The molecule has 0 saturated heterocycles. The fraction of sp³-hybridized carbons (Fsp3) is 0.556. The van der Waals surface area contributed by atoms with Gasteiger partial charge in [-0.1, -0.05) is 6.07 Å². The van der Waals surface area contributed by atoms with Crippen LogP contribution in [-0.4, -0.2) is 50.6 Å². The highest BCUT2D eigenvalue weighted by Gasteiger charge is 2.25. The van der Waals surface area contributed by atoms with Crippen LogP contribution in [-0.2, 0) is 16.0 Å². The van der Waals surface area contributed by atoms with E-state index < -0.39 is 23.6 Å². The maximum Gasteiger partial charge on any atom is 0.407 e. The zero-order valence-corrected chi connectivity index (χ0v) is 16.0. The number of alkyl carbamates (subject to hydrolysis) is 1. The average molecular weight is 369 g/mol. The maximum atomic E-state index is 11.8. The average Bonchev–Trinajstić information content (AvgIpc) is 2.55. The van der Waals surface area contributed by atoms with Gasteiger partial charge in [0.15, 0.2) is 11.5 Å². The van der Waals surface area contributed by atoms with Crippen LogP contribution in [0.3, 0.4) is 0 Å². The molecule has 0 aliphatic rings. The number of carboxylic acid groups (broad SMARTS) is 1. The van der Waals surface area contributed by atoms with E-state index in [1.807, 2.05) is 0 Å². The number of hydrogen-bond donors (Lipinski definition) is 2. The first kappa shape index (κ1) is 21.4. The van der Waals surface area contributed by atoms with Crippen molar-refractivity contribution in [1.82, 2.24) is 5.32 Å². The molecule has 146 valence electrons. The molecule has 0 aromatic heterocycles. The van der Waals surface area contributed by atoms with E-state index in [0.29, 0.717) is 22.8 Å². The summed E-state index contributed by atoms with van der Waals surface area (Å²) in [7, 11) is 4.44. The van der Waals surface area contributed by atoms with E-state index in [9.17, 15) is 14.7 Å². The van der Waals surface area contributed by atoms with Crippen LogP contribution in [0.25, 0.3) is 0 Å². The SMILES string of the molecule is COc1ccc(C[C@H](CNC(=O)OC(C)(C)C)C(=O)O)c(OC)c1OC. The number of methoxy groups -OCH3 is 3. The van der Waals surface area contributed by atoms with E-state index in [-0.39, 0.29) is 13.0 Å². The first-order chi connectivity index (χ1) is 12.1. The number of rotatable bonds is 8. The van der Waals surface area contributed by atoms with Crippen molar-refractivity contribution in [1.29, 1.82) is 0 Å². The molecule has 1 amide bonds. The number of amides is 1. The molecule has 0 heterocycles. The molecule has 0 bridgehead atoms. The Morgan fingerprint density at radius 2 is 1.69 bits per heavy atom. The Bertz CT molecular complexity index is 637. The molecule has 1 aromatic carbocycles. The van der Waals surface area contributed by atoms with Gasteiger partial charge in [0, 0.05) is 6.54 Å². The third kappa shape index (κ3) is 6.02. The van der Waals surface area contributed by atoms with Gasteiger partial charge in [-0.15, -0.1) is 0 Å². The van der Waals surface area contributed by atoms with Gasteiger partial charge >= 0.3 is 12.1 Å². The zero-order valence-electron chi connectivity index (χ0n) is 16.0. The molecule has 0 spiro atoms. The number of carboxylic acids is 1. The topological polar surface area (TPSA) is 103 Å². The predicted molar refractivity (Wildman–Crippen MR) is 95.2 cm³/mol. The number of aliphatic carboxylic acids is 1. The number of nitrogens with one attached hydrogen (secondary N) is 1. The molecular weight excluding hydrogens is 342 g/mol. The highest BCUT2D eigenvalue weighted by Crippen LogP contribution is 2.40. The molecule has 1 atom stereocenters. The summed E-state index contributed by atoms with van der Waals surface area (Å²) in [4.78, 5) is 23.3. The third-order valence-corrected chi connectivity index (χ3v) is 3.49. The highest BCUT2D eigenvalue weighted by molar-refractivity contribution is 5.73. The molecule has 0 aliphatic carbocycles. The van der Waals surface area contributed by atoms with Crippen molar-refractivity contribution in [3.8, 4) is 17.2 Å². The quantitative estimate of drug-likeness (QED) is 0.725. The van der Waals surface area contributed by atoms with Gasteiger partial charge in [0.1, 0.15) is 5.60 Å². The van der Waals surface area contributed by atoms with E-state index in [1.165, 1.54) is 21.3 Å². The monoisotopic (exact) mass is 369 g/mol. The first-order valence-electron chi connectivity index (χ1n) is 8.10. The summed E-state index contributed by atoms with van der Waals surface area (Å²) >= 11 is 0. The molecule has 0 unspecified atom stereocenters. The van der Waals surface area contributed by atoms with Gasteiger partial charge in [-0.25, -0.2) is 4.79 Å². The van der Waals surface area contributed by atoms with Crippen LogP contribution in [0.4, 0.5) is 4.79 Å². The molecule has 0 radical (unpaired) electrons. The minimum absolute atomic E-state index is 0.0816. The summed E-state index contributed by atoms with van der Waals surface area (Å²) in [5.41, 5.74) is -0.0291. The van der Waals surface area contributed by atoms with Gasteiger partial charge < -0.3 is 29.4 Å². The second kappa shape index (κ2) is 9.17. The van der Waals surface area contributed by atoms with E-state index in [4.69, 9.17) is 18.9 Å². The van der Waals surface area contributed by atoms with Crippen LogP contribution in [0.1, 0.15) is 26.3 Å². The van der Waals surface area contributed by atoms with Crippen molar-refractivity contribution in [2.45, 2.75) is 32.8 Å². The Morgan fingerprint density at radius 3 is 2.15 bits per heavy atom. The lowest BCUT2D eigenvalue weighted by Crippen LogP contribution is -2.37. The number of ether oxygens (including phenoxy) is 4. The molecule has 0 saturated carbocycles. The van der Waals surface area contributed by atoms with Crippen LogP contribution < -0.4 is 19.5 Å². The number of carbonyl (C=O) groups is 2. The molecular formula is C18H27NO7. The highest BCUT2D eigenvalue weighted by atomic mass is 16.6. The van der Waals surface area contributed by atoms with Gasteiger partial charge in [0.05, 0.1) is 27.2 Å². The van der Waals surface area contributed by atoms with Crippen molar-refractivity contribution >= 4 is 12.1 Å². The van der Waals surface area contributed by atoms with Crippen molar-refractivity contribution in [2.24, 2.45) is 5.92 Å². The lowest BCUT2D eigenvalue weighted by atomic mass is 9.98. The number of hydrogen-bond acceptors (Lipinski definition) is 6. The molecule has 1 aromatic rings. The molecule has 0 aliphatic heterocycles. The van der Waals surface area contributed by atoms with E-state index in [1.54, 1.807) is 32.9 Å². The van der Waals surface area contributed by atoms with Gasteiger partial charge in [0.2, 0.25) is 5.75 Å². The Morgan fingerprint density at radius 1 is 1.08 bits per heavy atom. The fourth-order valence-corrected chi connectivity index (χ4v) is 2.36. The molecule has 0 fully saturated rings. The summed E-state index contributed by atoms with van der Waals surface area (Å²) in [6, 6.07) is 3.39. The van der Waals surface area contributed by atoms with Gasteiger partial charge in [-0.3, -0.25) is 4.79 Å². The van der Waals surface area contributed by atoms with Gasteiger partial charge in [-0.05, 0) is 38.8 Å². The molecule has 2 N–H and O–H groups in total.